The van der Waals surface area contributed by atoms with E-state index >= 15 is 0 Å². The molecule has 2 N–H and O–H groups in total. The molecule has 5 heteroatoms. The SMILES string of the molecule is O=C(NCc1ccco1)c1ccc(NCCCc2ccccc2)nc1. The number of carbonyl (C=O) groups excluding carboxylic acids is 1. The van der Waals surface area contributed by atoms with Crippen molar-refractivity contribution in [3.63, 3.8) is 0 Å². The van der Waals surface area contributed by atoms with Crippen molar-refractivity contribution >= 4 is 11.7 Å². The molecule has 0 aliphatic rings. The predicted octanol–water partition coefficient (Wildman–Crippen LogP) is 3.65. The van der Waals surface area contributed by atoms with E-state index in [-0.39, 0.29) is 5.91 Å². The second-order valence-electron chi connectivity index (χ2n) is 5.71. The summed E-state index contributed by atoms with van der Waals surface area (Å²) in [5.74, 6) is 1.33. The minimum Gasteiger partial charge on any atom is -0.467 e. The van der Waals surface area contributed by atoms with Crippen molar-refractivity contribution in [2.45, 2.75) is 19.4 Å². The maximum Gasteiger partial charge on any atom is 0.253 e. The molecule has 0 spiro atoms. The normalized spacial score (nSPS) is 10.4. The van der Waals surface area contributed by atoms with Crippen LogP contribution in [0, 0.1) is 0 Å². The topological polar surface area (TPSA) is 67.2 Å². The molecule has 0 saturated carbocycles. The maximum absolute atomic E-state index is 12.1. The van der Waals surface area contributed by atoms with Crippen LogP contribution >= 0.6 is 0 Å². The number of nitrogens with one attached hydrogen (secondary N) is 2. The summed E-state index contributed by atoms with van der Waals surface area (Å²) in [7, 11) is 0. The summed E-state index contributed by atoms with van der Waals surface area (Å²) in [5, 5.41) is 6.08. The van der Waals surface area contributed by atoms with Crippen LogP contribution in [0.15, 0.2) is 71.5 Å². The molecule has 0 fully saturated rings. The molecular formula is C20H21N3O2. The van der Waals surface area contributed by atoms with Gasteiger partial charge in [-0.05, 0) is 42.7 Å². The largest absolute Gasteiger partial charge is 0.467 e. The Morgan fingerprint density at radius 2 is 1.92 bits per heavy atom. The first-order valence-electron chi connectivity index (χ1n) is 8.36. The summed E-state index contributed by atoms with van der Waals surface area (Å²) in [6.45, 7) is 1.21. The second-order valence-corrected chi connectivity index (χ2v) is 5.71. The van der Waals surface area contributed by atoms with Gasteiger partial charge in [-0.1, -0.05) is 30.3 Å². The molecule has 3 aromatic rings. The molecule has 1 amide bonds. The van der Waals surface area contributed by atoms with Crippen LogP contribution in [0.4, 0.5) is 5.82 Å². The summed E-state index contributed by atoms with van der Waals surface area (Å²) in [5.41, 5.74) is 1.86. The van der Waals surface area contributed by atoms with Crippen molar-refractivity contribution in [3.8, 4) is 0 Å². The zero-order valence-corrected chi connectivity index (χ0v) is 13.9. The average molecular weight is 335 g/mol. The Labute approximate surface area is 147 Å². The number of hydrogen-bond acceptors (Lipinski definition) is 4. The first-order valence-corrected chi connectivity index (χ1v) is 8.36. The van der Waals surface area contributed by atoms with Gasteiger partial charge in [-0.2, -0.15) is 0 Å². The first-order chi connectivity index (χ1) is 12.3. The fraction of sp³-hybridized carbons (Fsp3) is 0.200. The van der Waals surface area contributed by atoms with Gasteiger partial charge in [-0.3, -0.25) is 4.79 Å². The molecule has 2 heterocycles. The van der Waals surface area contributed by atoms with Crippen molar-refractivity contribution < 1.29 is 9.21 Å². The van der Waals surface area contributed by atoms with E-state index in [1.54, 1.807) is 24.6 Å². The van der Waals surface area contributed by atoms with E-state index in [9.17, 15) is 4.79 Å². The van der Waals surface area contributed by atoms with Crippen LogP contribution in [0.25, 0.3) is 0 Å². The molecule has 0 bridgehead atoms. The average Bonchev–Trinajstić information content (AvgIpc) is 3.18. The van der Waals surface area contributed by atoms with Crippen LogP contribution in [0.3, 0.4) is 0 Å². The lowest BCUT2D eigenvalue weighted by atomic mass is 10.1. The number of amides is 1. The molecule has 0 atom stereocenters. The molecule has 5 nitrogen and oxygen atoms in total. The number of aryl methyl sites for hydroxylation is 1. The van der Waals surface area contributed by atoms with E-state index in [2.05, 4.69) is 39.9 Å². The third-order valence-electron chi connectivity index (χ3n) is 3.82. The van der Waals surface area contributed by atoms with Crippen LogP contribution in [0.5, 0.6) is 0 Å². The lowest BCUT2D eigenvalue weighted by Crippen LogP contribution is -2.22. The molecule has 0 unspecified atom stereocenters. The third-order valence-corrected chi connectivity index (χ3v) is 3.82. The van der Waals surface area contributed by atoms with Crippen LogP contribution in [0.1, 0.15) is 28.1 Å². The molecular weight excluding hydrogens is 314 g/mol. The van der Waals surface area contributed by atoms with Crippen molar-refractivity contribution in [2.75, 3.05) is 11.9 Å². The minimum atomic E-state index is -0.167. The van der Waals surface area contributed by atoms with E-state index in [0.717, 1.165) is 31.0 Å². The highest BCUT2D eigenvalue weighted by Crippen LogP contribution is 2.07. The molecule has 128 valence electrons. The van der Waals surface area contributed by atoms with E-state index in [1.807, 2.05) is 18.2 Å². The molecule has 0 radical (unpaired) electrons. The quantitative estimate of drug-likeness (QED) is 0.617. The van der Waals surface area contributed by atoms with Crippen molar-refractivity contribution in [3.05, 3.63) is 83.9 Å². The summed E-state index contributed by atoms with van der Waals surface area (Å²) in [6.07, 6.45) is 5.22. The minimum absolute atomic E-state index is 0.167. The van der Waals surface area contributed by atoms with Gasteiger partial charge in [0.05, 0.1) is 18.4 Å². The zero-order chi connectivity index (χ0) is 17.3. The number of furan rings is 1. The highest BCUT2D eigenvalue weighted by atomic mass is 16.3. The predicted molar refractivity (Wildman–Crippen MR) is 97.4 cm³/mol. The van der Waals surface area contributed by atoms with Gasteiger partial charge in [0.1, 0.15) is 11.6 Å². The van der Waals surface area contributed by atoms with Gasteiger partial charge in [0.15, 0.2) is 0 Å². The number of hydrogen-bond donors (Lipinski definition) is 2. The summed E-state index contributed by atoms with van der Waals surface area (Å²) in [6, 6.07) is 17.6. The highest BCUT2D eigenvalue weighted by Gasteiger charge is 2.06. The standard InChI is InChI=1S/C20H21N3O2/c24-20(23-15-18-9-5-13-25-18)17-10-11-19(22-14-17)21-12-4-8-16-6-2-1-3-7-16/h1-3,5-7,9-11,13-14H,4,8,12,15H2,(H,21,22)(H,23,24). The number of rotatable bonds is 8. The van der Waals surface area contributed by atoms with Gasteiger partial charge in [0.2, 0.25) is 0 Å². The second kappa shape index (κ2) is 8.68. The molecule has 0 saturated heterocycles. The zero-order valence-electron chi connectivity index (χ0n) is 13.9. The van der Waals surface area contributed by atoms with E-state index in [4.69, 9.17) is 4.42 Å². The van der Waals surface area contributed by atoms with Gasteiger partial charge < -0.3 is 15.1 Å². The number of nitrogens with zero attached hydrogens (tertiary/aromatic N) is 1. The Morgan fingerprint density at radius 1 is 1.04 bits per heavy atom. The maximum atomic E-state index is 12.1. The van der Waals surface area contributed by atoms with E-state index in [1.165, 1.54) is 5.56 Å². The fourth-order valence-corrected chi connectivity index (χ4v) is 2.47. The molecule has 3 rings (SSSR count). The van der Waals surface area contributed by atoms with E-state index in [0.29, 0.717) is 12.1 Å². The molecule has 1 aromatic carbocycles. The first kappa shape index (κ1) is 16.8. The molecule has 2 aromatic heterocycles. The lowest BCUT2D eigenvalue weighted by Gasteiger charge is -2.07. The summed E-state index contributed by atoms with van der Waals surface area (Å²) in [4.78, 5) is 16.3. The summed E-state index contributed by atoms with van der Waals surface area (Å²) < 4.78 is 5.19. The third kappa shape index (κ3) is 5.21. The van der Waals surface area contributed by atoms with Crippen molar-refractivity contribution in [1.29, 1.82) is 0 Å². The van der Waals surface area contributed by atoms with Crippen LogP contribution < -0.4 is 10.6 Å². The highest BCUT2D eigenvalue weighted by molar-refractivity contribution is 5.93. The number of aromatic nitrogens is 1. The number of carbonyl (C=O) groups is 1. The van der Waals surface area contributed by atoms with Gasteiger partial charge in [-0.15, -0.1) is 0 Å². The Kier molecular flexibility index (Phi) is 5.82. The fourth-order valence-electron chi connectivity index (χ4n) is 2.47. The van der Waals surface area contributed by atoms with Crippen LogP contribution in [-0.4, -0.2) is 17.4 Å². The van der Waals surface area contributed by atoms with Gasteiger partial charge in [-0.25, -0.2) is 4.98 Å². The number of pyridine rings is 1. The summed E-state index contributed by atoms with van der Waals surface area (Å²) >= 11 is 0. The van der Waals surface area contributed by atoms with Crippen molar-refractivity contribution in [2.24, 2.45) is 0 Å². The molecule has 0 aliphatic heterocycles. The number of anilines is 1. The lowest BCUT2D eigenvalue weighted by molar-refractivity contribution is 0.0947. The van der Waals surface area contributed by atoms with Gasteiger partial charge >= 0.3 is 0 Å². The molecule has 0 aliphatic carbocycles. The Bertz CT molecular complexity index is 768. The number of benzene rings is 1. The van der Waals surface area contributed by atoms with Gasteiger partial charge in [0.25, 0.3) is 5.91 Å². The Hall–Kier alpha value is -3.08. The van der Waals surface area contributed by atoms with Gasteiger partial charge in [0, 0.05) is 12.7 Å². The smallest absolute Gasteiger partial charge is 0.253 e. The van der Waals surface area contributed by atoms with Crippen molar-refractivity contribution in [1.82, 2.24) is 10.3 Å². The monoisotopic (exact) mass is 335 g/mol. The Balaban J connectivity index is 1.41. The Morgan fingerprint density at radius 3 is 2.64 bits per heavy atom. The van der Waals surface area contributed by atoms with Crippen LogP contribution in [0.2, 0.25) is 0 Å². The van der Waals surface area contributed by atoms with E-state index < -0.39 is 0 Å². The molecule has 25 heavy (non-hydrogen) atoms. The van der Waals surface area contributed by atoms with Crippen LogP contribution in [-0.2, 0) is 13.0 Å².